The Bertz CT molecular complexity index is 774. The summed E-state index contributed by atoms with van der Waals surface area (Å²) in [4.78, 5) is 0. The number of fused-ring (bicyclic) bond motifs is 1. The SMILES string of the molecule is Fc1ccc(Cl)c(-c2nnc(Cl)c3ccccc23)c1. The fourth-order valence-corrected chi connectivity index (χ4v) is 2.36. The van der Waals surface area contributed by atoms with Crippen molar-refractivity contribution in [1.29, 1.82) is 0 Å². The molecule has 0 fully saturated rings. The van der Waals surface area contributed by atoms with Crippen LogP contribution in [0.25, 0.3) is 22.0 Å². The van der Waals surface area contributed by atoms with E-state index in [-0.39, 0.29) is 5.82 Å². The molecule has 0 radical (unpaired) electrons. The van der Waals surface area contributed by atoms with Gasteiger partial charge in [-0.25, -0.2) is 4.39 Å². The van der Waals surface area contributed by atoms with Gasteiger partial charge in [-0.2, -0.15) is 0 Å². The molecule has 0 aliphatic heterocycles. The van der Waals surface area contributed by atoms with Crippen molar-refractivity contribution in [3.05, 3.63) is 58.5 Å². The predicted molar refractivity (Wildman–Crippen MR) is 75.0 cm³/mol. The highest BCUT2D eigenvalue weighted by Gasteiger charge is 2.13. The van der Waals surface area contributed by atoms with Crippen LogP contribution in [0.4, 0.5) is 4.39 Å². The Hall–Kier alpha value is -1.71. The molecule has 2 nitrogen and oxygen atoms in total. The normalized spacial score (nSPS) is 10.9. The lowest BCUT2D eigenvalue weighted by molar-refractivity contribution is 0.628. The average Bonchev–Trinajstić information content (AvgIpc) is 2.43. The van der Waals surface area contributed by atoms with Gasteiger partial charge in [-0.15, -0.1) is 10.2 Å². The Kier molecular flexibility index (Phi) is 3.09. The summed E-state index contributed by atoms with van der Waals surface area (Å²) in [5.74, 6) is -0.375. The van der Waals surface area contributed by atoms with Gasteiger partial charge in [0.05, 0.1) is 5.02 Å². The number of hydrogen-bond donors (Lipinski definition) is 0. The van der Waals surface area contributed by atoms with E-state index in [9.17, 15) is 4.39 Å². The van der Waals surface area contributed by atoms with Crippen molar-refractivity contribution >= 4 is 34.0 Å². The highest BCUT2D eigenvalue weighted by atomic mass is 35.5. The zero-order valence-corrected chi connectivity index (χ0v) is 11.1. The maximum atomic E-state index is 13.4. The third-order valence-corrected chi connectivity index (χ3v) is 3.43. The molecule has 0 N–H and O–H groups in total. The number of hydrogen-bond acceptors (Lipinski definition) is 2. The van der Waals surface area contributed by atoms with Crippen molar-refractivity contribution in [2.45, 2.75) is 0 Å². The Balaban J connectivity index is 2.37. The van der Waals surface area contributed by atoms with Crippen LogP contribution in [-0.4, -0.2) is 10.2 Å². The molecule has 0 saturated heterocycles. The van der Waals surface area contributed by atoms with Crippen molar-refractivity contribution in [1.82, 2.24) is 10.2 Å². The van der Waals surface area contributed by atoms with Crippen LogP contribution in [0.15, 0.2) is 42.5 Å². The third kappa shape index (κ3) is 2.15. The molecule has 2 aromatic carbocycles. The molecule has 1 heterocycles. The second-order valence-corrected chi connectivity index (χ2v) is 4.77. The van der Waals surface area contributed by atoms with Crippen LogP contribution in [0.2, 0.25) is 10.2 Å². The van der Waals surface area contributed by atoms with Crippen LogP contribution in [0.3, 0.4) is 0 Å². The van der Waals surface area contributed by atoms with E-state index in [1.54, 1.807) is 0 Å². The van der Waals surface area contributed by atoms with Gasteiger partial charge in [0.1, 0.15) is 11.5 Å². The Morgan fingerprint density at radius 3 is 2.42 bits per heavy atom. The summed E-state index contributed by atoms with van der Waals surface area (Å²) < 4.78 is 13.4. The standard InChI is InChI=1S/C14H7Cl2FN2/c15-12-6-5-8(17)7-11(12)13-9-3-1-2-4-10(9)14(16)19-18-13/h1-7H. The lowest BCUT2D eigenvalue weighted by Crippen LogP contribution is -1.92. The number of rotatable bonds is 1. The van der Waals surface area contributed by atoms with E-state index in [1.165, 1.54) is 18.2 Å². The molecule has 0 atom stereocenters. The maximum absolute atomic E-state index is 13.4. The summed E-state index contributed by atoms with van der Waals surface area (Å²) in [6.07, 6.45) is 0. The predicted octanol–water partition coefficient (Wildman–Crippen LogP) is 4.74. The van der Waals surface area contributed by atoms with E-state index in [4.69, 9.17) is 23.2 Å². The second kappa shape index (κ2) is 4.76. The smallest absolute Gasteiger partial charge is 0.159 e. The molecule has 5 heteroatoms. The topological polar surface area (TPSA) is 25.8 Å². The molecule has 0 unspecified atom stereocenters. The summed E-state index contributed by atoms with van der Waals surface area (Å²) in [6, 6.07) is 11.5. The summed E-state index contributed by atoms with van der Waals surface area (Å²) in [5, 5.41) is 10.2. The molecule has 3 aromatic rings. The second-order valence-electron chi connectivity index (χ2n) is 4.01. The first kappa shape index (κ1) is 12.3. The highest BCUT2D eigenvalue weighted by Crippen LogP contribution is 2.33. The number of benzene rings is 2. The summed E-state index contributed by atoms with van der Waals surface area (Å²) in [5.41, 5.74) is 1.02. The van der Waals surface area contributed by atoms with Crippen molar-refractivity contribution in [3.8, 4) is 11.3 Å². The Morgan fingerprint density at radius 1 is 0.895 bits per heavy atom. The molecule has 3 rings (SSSR count). The molecular formula is C14H7Cl2FN2. The zero-order valence-electron chi connectivity index (χ0n) is 9.57. The molecule has 0 aliphatic carbocycles. The lowest BCUT2D eigenvalue weighted by Gasteiger charge is -2.07. The molecule has 0 bridgehead atoms. The van der Waals surface area contributed by atoms with Crippen LogP contribution < -0.4 is 0 Å². The van der Waals surface area contributed by atoms with E-state index in [0.29, 0.717) is 21.4 Å². The van der Waals surface area contributed by atoms with Crippen LogP contribution in [0, 0.1) is 5.82 Å². The van der Waals surface area contributed by atoms with Gasteiger partial charge in [-0.05, 0) is 18.2 Å². The quantitative estimate of drug-likeness (QED) is 0.647. The van der Waals surface area contributed by atoms with Gasteiger partial charge in [-0.3, -0.25) is 0 Å². The molecule has 19 heavy (non-hydrogen) atoms. The van der Waals surface area contributed by atoms with Crippen molar-refractivity contribution < 1.29 is 4.39 Å². The van der Waals surface area contributed by atoms with Crippen LogP contribution in [0.1, 0.15) is 0 Å². The molecule has 0 amide bonds. The van der Waals surface area contributed by atoms with Gasteiger partial charge < -0.3 is 0 Å². The molecular weight excluding hydrogens is 286 g/mol. The largest absolute Gasteiger partial charge is 0.207 e. The first-order valence-corrected chi connectivity index (χ1v) is 6.29. The molecule has 0 aliphatic rings. The minimum atomic E-state index is -0.375. The van der Waals surface area contributed by atoms with Crippen LogP contribution in [0.5, 0.6) is 0 Å². The van der Waals surface area contributed by atoms with Gasteiger partial charge in [0.2, 0.25) is 0 Å². The van der Waals surface area contributed by atoms with E-state index in [0.717, 1.165) is 10.8 Å². The zero-order chi connectivity index (χ0) is 13.4. The van der Waals surface area contributed by atoms with Crippen molar-refractivity contribution in [2.75, 3.05) is 0 Å². The summed E-state index contributed by atoms with van der Waals surface area (Å²) >= 11 is 12.1. The first-order chi connectivity index (χ1) is 9.16. The first-order valence-electron chi connectivity index (χ1n) is 5.53. The van der Waals surface area contributed by atoms with Gasteiger partial charge >= 0.3 is 0 Å². The average molecular weight is 293 g/mol. The van der Waals surface area contributed by atoms with Gasteiger partial charge in [0.25, 0.3) is 0 Å². The monoisotopic (exact) mass is 292 g/mol. The van der Waals surface area contributed by atoms with Crippen molar-refractivity contribution in [3.63, 3.8) is 0 Å². The van der Waals surface area contributed by atoms with Gasteiger partial charge in [0.15, 0.2) is 5.15 Å². The van der Waals surface area contributed by atoms with E-state index >= 15 is 0 Å². The van der Waals surface area contributed by atoms with E-state index < -0.39 is 0 Å². The number of aromatic nitrogens is 2. The molecule has 0 saturated carbocycles. The Labute approximate surface area is 118 Å². The Morgan fingerprint density at radius 2 is 1.63 bits per heavy atom. The van der Waals surface area contributed by atoms with Crippen LogP contribution >= 0.6 is 23.2 Å². The maximum Gasteiger partial charge on any atom is 0.159 e. The highest BCUT2D eigenvalue weighted by molar-refractivity contribution is 6.35. The number of nitrogens with zero attached hydrogens (tertiary/aromatic N) is 2. The molecule has 1 aromatic heterocycles. The lowest BCUT2D eigenvalue weighted by atomic mass is 10.1. The van der Waals surface area contributed by atoms with Gasteiger partial charge in [0, 0.05) is 16.3 Å². The minimum absolute atomic E-state index is 0.312. The van der Waals surface area contributed by atoms with Gasteiger partial charge in [-0.1, -0.05) is 47.5 Å². The fourth-order valence-electron chi connectivity index (χ4n) is 1.95. The fraction of sp³-hybridized carbons (Fsp3) is 0. The third-order valence-electron chi connectivity index (χ3n) is 2.83. The molecule has 0 spiro atoms. The summed E-state index contributed by atoms with van der Waals surface area (Å²) in [6.45, 7) is 0. The molecule has 94 valence electrons. The van der Waals surface area contributed by atoms with Crippen molar-refractivity contribution in [2.24, 2.45) is 0 Å². The van der Waals surface area contributed by atoms with E-state index in [2.05, 4.69) is 10.2 Å². The summed E-state index contributed by atoms with van der Waals surface area (Å²) in [7, 11) is 0. The minimum Gasteiger partial charge on any atom is -0.207 e. The number of halogens is 3. The van der Waals surface area contributed by atoms with E-state index in [1.807, 2.05) is 24.3 Å². The van der Waals surface area contributed by atoms with Crippen LogP contribution in [-0.2, 0) is 0 Å².